The summed E-state index contributed by atoms with van der Waals surface area (Å²) >= 11 is 0. The second-order valence-corrected chi connectivity index (χ2v) is 8.95. The Balaban J connectivity index is 1.53. The fourth-order valence-corrected chi connectivity index (χ4v) is 4.85. The van der Waals surface area contributed by atoms with Gasteiger partial charge in [0.05, 0.1) is 5.52 Å². The zero-order chi connectivity index (χ0) is 23.5. The first-order valence-electron chi connectivity index (χ1n) is 11.5. The number of pyridine rings is 1. The van der Waals surface area contributed by atoms with Gasteiger partial charge in [-0.15, -0.1) is 0 Å². The lowest BCUT2D eigenvalue weighted by molar-refractivity contribution is -0.143. The molecule has 6 heteroatoms. The highest BCUT2D eigenvalue weighted by atomic mass is 16.5. The number of rotatable bonds is 6. The Kier molecular flexibility index (Phi) is 6.63. The summed E-state index contributed by atoms with van der Waals surface area (Å²) in [6, 6.07) is 14.1. The number of piperidine rings is 1. The SMILES string of the molecule is Cc1cccc(C)c1-c1ccnc2cc(O[C@H](C)C(=O)N3CCC[C@@H](CC(=O)O)C3)ccc12. The van der Waals surface area contributed by atoms with Gasteiger partial charge < -0.3 is 14.7 Å². The van der Waals surface area contributed by atoms with Gasteiger partial charge in [-0.1, -0.05) is 18.2 Å². The minimum absolute atomic E-state index is 0.000546. The molecule has 3 aromatic rings. The van der Waals surface area contributed by atoms with Crippen LogP contribution in [0.15, 0.2) is 48.7 Å². The molecule has 1 aliphatic rings. The number of hydrogen-bond acceptors (Lipinski definition) is 4. The molecule has 0 aliphatic carbocycles. The Bertz CT molecular complexity index is 1170. The van der Waals surface area contributed by atoms with Gasteiger partial charge in [-0.2, -0.15) is 0 Å². The molecule has 1 fully saturated rings. The molecule has 1 amide bonds. The standard InChI is InChI=1S/C27H30N2O4/c1-17-6-4-7-18(2)26(17)23-11-12-28-24-15-21(9-10-22(23)24)33-19(3)27(32)29-13-5-8-20(16-29)14-25(30)31/h4,6-7,9-12,15,19-20H,5,8,13-14,16H2,1-3H3,(H,30,31)/t19-,20+/m1/s1. The van der Waals surface area contributed by atoms with Crippen LogP contribution in [0.3, 0.4) is 0 Å². The molecule has 6 nitrogen and oxygen atoms in total. The molecule has 1 aromatic heterocycles. The molecule has 1 N–H and O–H groups in total. The third kappa shape index (κ3) is 5.00. The van der Waals surface area contributed by atoms with Gasteiger partial charge >= 0.3 is 5.97 Å². The van der Waals surface area contributed by atoms with E-state index in [0.29, 0.717) is 18.8 Å². The van der Waals surface area contributed by atoms with Gasteiger partial charge in [0.15, 0.2) is 6.10 Å². The summed E-state index contributed by atoms with van der Waals surface area (Å²) in [5.41, 5.74) is 5.58. The monoisotopic (exact) mass is 446 g/mol. The number of aliphatic carboxylic acids is 1. The summed E-state index contributed by atoms with van der Waals surface area (Å²) in [6.07, 6.45) is 2.89. The quantitative estimate of drug-likeness (QED) is 0.576. The van der Waals surface area contributed by atoms with E-state index in [9.17, 15) is 9.59 Å². The second kappa shape index (κ2) is 9.61. The molecule has 1 aliphatic heterocycles. The number of amides is 1. The first-order chi connectivity index (χ1) is 15.8. The van der Waals surface area contributed by atoms with Crippen molar-refractivity contribution in [3.8, 4) is 16.9 Å². The molecule has 2 aromatic carbocycles. The van der Waals surface area contributed by atoms with E-state index in [1.807, 2.05) is 24.3 Å². The van der Waals surface area contributed by atoms with Crippen LogP contribution in [-0.2, 0) is 9.59 Å². The Morgan fingerprint density at radius 3 is 2.67 bits per heavy atom. The number of ether oxygens (including phenoxy) is 1. The molecule has 2 heterocycles. The lowest BCUT2D eigenvalue weighted by Crippen LogP contribution is -2.46. The van der Waals surface area contributed by atoms with E-state index in [1.54, 1.807) is 18.0 Å². The van der Waals surface area contributed by atoms with Crippen LogP contribution in [0.4, 0.5) is 0 Å². The zero-order valence-corrected chi connectivity index (χ0v) is 19.4. The predicted molar refractivity (Wildman–Crippen MR) is 128 cm³/mol. The lowest BCUT2D eigenvalue weighted by Gasteiger charge is -2.33. The van der Waals surface area contributed by atoms with Gasteiger partial charge in [-0.3, -0.25) is 14.6 Å². The number of hydrogen-bond donors (Lipinski definition) is 1. The number of carboxylic acids is 1. The average Bonchev–Trinajstić information content (AvgIpc) is 2.78. The number of carbonyl (C=O) groups excluding carboxylic acids is 1. The Morgan fingerprint density at radius 2 is 1.94 bits per heavy atom. The fraction of sp³-hybridized carbons (Fsp3) is 0.370. The predicted octanol–water partition coefficient (Wildman–Crippen LogP) is 5.00. The van der Waals surface area contributed by atoms with Crippen LogP contribution in [0.1, 0.15) is 37.3 Å². The molecule has 0 saturated carbocycles. The number of benzene rings is 2. The summed E-state index contributed by atoms with van der Waals surface area (Å²) in [4.78, 5) is 30.3. The molecule has 0 spiro atoms. The third-order valence-corrected chi connectivity index (χ3v) is 6.42. The maximum absolute atomic E-state index is 12.9. The van der Waals surface area contributed by atoms with Crippen molar-refractivity contribution >= 4 is 22.8 Å². The van der Waals surface area contributed by atoms with Crippen LogP contribution in [0, 0.1) is 19.8 Å². The second-order valence-electron chi connectivity index (χ2n) is 8.95. The van der Waals surface area contributed by atoms with E-state index in [-0.39, 0.29) is 18.2 Å². The molecule has 4 rings (SSSR count). The Labute approximate surface area is 194 Å². The van der Waals surface area contributed by atoms with Gasteiger partial charge in [0.2, 0.25) is 0 Å². The summed E-state index contributed by atoms with van der Waals surface area (Å²) in [7, 11) is 0. The van der Waals surface area contributed by atoms with Gasteiger partial charge in [-0.25, -0.2) is 0 Å². The molecule has 1 saturated heterocycles. The van der Waals surface area contributed by atoms with Crippen molar-refractivity contribution < 1.29 is 19.4 Å². The van der Waals surface area contributed by atoms with Crippen LogP contribution in [0.25, 0.3) is 22.0 Å². The first kappa shape index (κ1) is 22.8. The largest absolute Gasteiger partial charge is 0.481 e. The summed E-state index contributed by atoms with van der Waals surface area (Å²) in [5, 5.41) is 10.1. The lowest BCUT2D eigenvalue weighted by atomic mass is 9.93. The molecule has 2 atom stereocenters. The maximum atomic E-state index is 12.9. The summed E-state index contributed by atoms with van der Waals surface area (Å²) < 4.78 is 6.00. The number of aryl methyl sites for hydroxylation is 2. The number of fused-ring (bicyclic) bond motifs is 1. The van der Waals surface area contributed by atoms with E-state index in [1.165, 1.54) is 16.7 Å². The summed E-state index contributed by atoms with van der Waals surface area (Å²) in [5.74, 6) is -0.334. The van der Waals surface area contributed by atoms with Crippen molar-refractivity contribution in [2.75, 3.05) is 13.1 Å². The van der Waals surface area contributed by atoms with Gasteiger partial charge in [-0.05, 0) is 80.0 Å². The molecular weight excluding hydrogens is 416 g/mol. The van der Waals surface area contributed by atoms with Crippen molar-refractivity contribution in [3.05, 3.63) is 59.8 Å². The van der Waals surface area contributed by atoms with Crippen molar-refractivity contribution in [1.29, 1.82) is 0 Å². The molecule has 0 unspecified atom stereocenters. The van der Waals surface area contributed by atoms with Crippen molar-refractivity contribution in [3.63, 3.8) is 0 Å². The van der Waals surface area contributed by atoms with E-state index in [4.69, 9.17) is 9.84 Å². The van der Waals surface area contributed by atoms with Crippen LogP contribution >= 0.6 is 0 Å². The maximum Gasteiger partial charge on any atom is 0.303 e. The van der Waals surface area contributed by atoms with Gasteiger partial charge in [0.1, 0.15) is 5.75 Å². The minimum atomic E-state index is -0.817. The highest BCUT2D eigenvalue weighted by Gasteiger charge is 2.29. The van der Waals surface area contributed by atoms with E-state index >= 15 is 0 Å². The van der Waals surface area contributed by atoms with Crippen molar-refractivity contribution in [1.82, 2.24) is 9.88 Å². The van der Waals surface area contributed by atoms with E-state index in [2.05, 4.69) is 37.0 Å². The number of carboxylic acid groups (broad SMARTS) is 1. The smallest absolute Gasteiger partial charge is 0.303 e. The average molecular weight is 447 g/mol. The van der Waals surface area contributed by atoms with E-state index in [0.717, 1.165) is 29.3 Å². The molecule has 0 bridgehead atoms. The molecule has 0 radical (unpaired) electrons. The minimum Gasteiger partial charge on any atom is -0.481 e. The van der Waals surface area contributed by atoms with Crippen LogP contribution in [0.2, 0.25) is 0 Å². The number of aromatic nitrogens is 1. The molecule has 33 heavy (non-hydrogen) atoms. The first-order valence-corrected chi connectivity index (χ1v) is 11.5. The van der Waals surface area contributed by atoms with E-state index < -0.39 is 12.1 Å². The van der Waals surface area contributed by atoms with Crippen LogP contribution in [0.5, 0.6) is 5.75 Å². The zero-order valence-electron chi connectivity index (χ0n) is 19.4. The van der Waals surface area contributed by atoms with Crippen LogP contribution in [-0.4, -0.2) is 46.1 Å². The fourth-order valence-electron chi connectivity index (χ4n) is 4.85. The Morgan fingerprint density at radius 1 is 1.18 bits per heavy atom. The Hall–Kier alpha value is -3.41. The highest BCUT2D eigenvalue weighted by molar-refractivity contribution is 5.96. The number of likely N-dealkylation sites (tertiary alicyclic amines) is 1. The summed E-state index contributed by atoms with van der Waals surface area (Å²) in [6.45, 7) is 7.08. The van der Waals surface area contributed by atoms with Gasteiger partial charge in [0, 0.05) is 37.2 Å². The normalized spacial score (nSPS) is 17.1. The van der Waals surface area contributed by atoms with Crippen molar-refractivity contribution in [2.24, 2.45) is 5.92 Å². The molecular formula is C27H30N2O4. The number of carbonyl (C=O) groups is 2. The molecule has 172 valence electrons. The topological polar surface area (TPSA) is 79.7 Å². The third-order valence-electron chi connectivity index (χ3n) is 6.42. The highest BCUT2D eigenvalue weighted by Crippen LogP contribution is 2.34. The van der Waals surface area contributed by atoms with Crippen molar-refractivity contribution in [2.45, 2.75) is 46.1 Å². The van der Waals surface area contributed by atoms with Gasteiger partial charge in [0.25, 0.3) is 5.91 Å². The van der Waals surface area contributed by atoms with Crippen LogP contribution < -0.4 is 4.74 Å². The number of nitrogens with zero attached hydrogens (tertiary/aromatic N) is 2.